The SMILES string of the molecule is COc1cc(C)nc(N(CC2CCCCN2)C2CC2)n1. The maximum absolute atomic E-state index is 5.28. The molecule has 0 aromatic carbocycles. The van der Waals surface area contributed by atoms with Gasteiger partial charge in [-0.2, -0.15) is 4.98 Å². The molecule has 110 valence electrons. The predicted molar refractivity (Wildman–Crippen MR) is 79.3 cm³/mol. The third-order valence-corrected chi connectivity index (χ3v) is 4.10. The average molecular weight is 276 g/mol. The van der Waals surface area contributed by atoms with E-state index in [1.165, 1.54) is 32.1 Å². The summed E-state index contributed by atoms with van der Waals surface area (Å²) in [7, 11) is 1.66. The van der Waals surface area contributed by atoms with Gasteiger partial charge in [-0.25, -0.2) is 4.98 Å². The summed E-state index contributed by atoms with van der Waals surface area (Å²) in [6.45, 7) is 4.15. The van der Waals surface area contributed by atoms with E-state index >= 15 is 0 Å². The highest BCUT2D eigenvalue weighted by Gasteiger charge is 2.33. The van der Waals surface area contributed by atoms with Gasteiger partial charge in [-0.05, 0) is 39.2 Å². The minimum atomic E-state index is 0.569. The van der Waals surface area contributed by atoms with Gasteiger partial charge in [-0.3, -0.25) is 0 Å². The van der Waals surface area contributed by atoms with E-state index in [-0.39, 0.29) is 0 Å². The van der Waals surface area contributed by atoms with Crippen LogP contribution >= 0.6 is 0 Å². The van der Waals surface area contributed by atoms with E-state index in [4.69, 9.17) is 4.74 Å². The lowest BCUT2D eigenvalue weighted by atomic mass is 10.0. The van der Waals surface area contributed by atoms with Crippen molar-refractivity contribution >= 4 is 5.95 Å². The van der Waals surface area contributed by atoms with E-state index in [0.717, 1.165) is 24.7 Å². The zero-order valence-corrected chi connectivity index (χ0v) is 12.4. The fourth-order valence-corrected chi connectivity index (χ4v) is 2.86. The molecule has 1 aliphatic heterocycles. The van der Waals surface area contributed by atoms with Gasteiger partial charge >= 0.3 is 0 Å². The smallest absolute Gasteiger partial charge is 0.229 e. The Bertz CT molecular complexity index is 455. The fraction of sp³-hybridized carbons (Fsp3) is 0.733. The molecule has 2 aliphatic rings. The number of aromatic nitrogens is 2. The molecule has 1 saturated carbocycles. The molecule has 3 rings (SSSR count). The van der Waals surface area contributed by atoms with Gasteiger partial charge in [0.05, 0.1) is 7.11 Å². The zero-order chi connectivity index (χ0) is 13.9. The van der Waals surface area contributed by atoms with Crippen LogP contribution in [-0.4, -0.2) is 42.3 Å². The monoisotopic (exact) mass is 276 g/mol. The first-order valence-electron chi connectivity index (χ1n) is 7.66. The summed E-state index contributed by atoms with van der Waals surface area (Å²) in [6, 6.07) is 3.07. The number of nitrogens with zero attached hydrogens (tertiary/aromatic N) is 3. The van der Waals surface area contributed by atoms with Crippen LogP contribution in [0.2, 0.25) is 0 Å². The summed E-state index contributed by atoms with van der Waals surface area (Å²) in [5, 5.41) is 3.62. The number of ether oxygens (including phenoxy) is 1. The molecule has 2 fully saturated rings. The topological polar surface area (TPSA) is 50.3 Å². The Kier molecular flexibility index (Phi) is 4.05. The van der Waals surface area contributed by atoms with Gasteiger partial charge in [-0.15, -0.1) is 0 Å². The van der Waals surface area contributed by atoms with Crippen molar-refractivity contribution in [2.75, 3.05) is 25.1 Å². The number of methoxy groups -OCH3 is 1. The molecule has 0 amide bonds. The normalized spacial score (nSPS) is 22.6. The molecule has 0 spiro atoms. The second kappa shape index (κ2) is 5.95. The van der Waals surface area contributed by atoms with Crippen molar-refractivity contribution in [2.24, 2.45) is 0 Å². The molecule has 1 aromatic rings. The molecule has 1 aromatic heterocycles. The Morgan fingerprint density at radius 1 is 1.30 bits per heavy atom. The fourth-order valence-electron chi connectivity index (χ4n) is 2.86. The van der Waals surface area contributed by atoms with Crippen LogP contribution in [0.3, 0.4) is 0 Å². The maximum Gasteiger partial charge on any atom is 0.229 e. The van der Waals surface area contributed by atoms with Gasteiger partial charge in [0.1, 0.15) is 0 Å². The largest absolute Gasteiger partial charge is 0.481 e. The summed E-state index contributed by atoms with van der Waals surface area (Å²) in [4.78, 5) is 11.5. The number of nitrogens with one attached hydrogen (secondary N) is 1. The summed E-state index contributed by atoms with van der Waals surface area (Å²) in [5.74, 6) is 1.49. The highest BCUT2D eigenvalue weighted by Crippen LogP contribution is 2.31. The molecule has 1 unspecified atom stereocenters. The highest BCUT2D eigenvalue weighted by atomic mass is 16.5. The Balaban J connectivity index is 1.77. The first-order chi connectivity index (χ1) is 9.76. The van der Waals surface area contributed by atoms with Crippen LogP contribution in [0.5, 0.6) is 5.88 Å². The zero-order valence-electron chi connectivity index (χ0n) is 12.4. The second-order valence-corrected chi connectivity index (χ2v) is 5.88. The van der Waals surface area contributed by atoms with Crippen molar-refractivity contribution in [3.8, 4) is 5.88 Å². The summed E-state index contributed by atoms with van der Waals surface area (Å²) in [5.41, 5.74) is 0.967. The van der Waals surface area contributed by atoms with Crippen molar-refractivity contribution < 1.29 is 4.74 Å². The van der Waals surface area contributed by atoms with Crippen LogP contribution in [0.1, 0.15) is 37.8 Å². The number of hydrogen-bond donors (Lipinski definition) is 1. The number of piperidine rings is 1. The minimum Gasteiger partial charge on any atom is -0.481 e. The molecular weight excluding hydrogens is 252 g/mol. The maximum atomic E-state index is 5.28. The van der Waals surface area contributed by atoms with Crippen LogP contribution in [0.25, 0.3) is 0 Å². The number of anilines is 1. The Labute approximate surface area is 120 Å². The molecule has 2 heterocycles. The number of rotatable bonds is 5. The van der Waals surface area contributed by atoms with E-state index in [2.05, 4.69) is 20.2 Å². The molecule has 0 radical (unpaired) electrons. The van der Waals surface area contributed by atoms with E-state index in [1.54, 1.807) is 7.11 Å². The molecule has 20 heavy (non-hydrogen) atoms. The summed E-state index contributed by atoms with van der Waals surface area (Å²) < 4.78 is 5.28. The van der Waals surface area contributed by atoms with Gasteiger partial charge in [0.25, 0.3) is 0 Å². The third kappa shape index (κ3) is 3.20. The Morgan fingerprint density at radius 2 is 2.15 bits per heavy atom. The Morgan fingerprint density at radius 3 is 2.80 bits per heavy atom. The van der Waals surface area contributed by atoms with Crippen molar-refractivity contribution in [2.45, 2.75) is 51.1 Å². The first-order valence-corrected chi connectivity index (χ1v) is 7.66. The van der Waals surface area contributed by atoms with E-state index < -0.39 is 0 Å². The van der Waals surface area contributed by atoms with Crippen LogP contribution in [0.15, 0.2) is 6.07 Å². The second-order valence-electron chi connectivity index (χ2n) is 5.88. The lowest BCUT2D eigenvalue weighted by Crippen LogP contribution is -2.45. The quantitative estimate of drug-likeness (QED) is 0.890. The van der Waals surface area contributed by atoms with Crippen molar-refractivity contribution in [3.63, 3.8) is 0 Å². The van der Waals surface area contributed by atoms with Crippen molar-refractivity contribution in [1.29, 1.82) is 0 Å². The van der Waals surface area contributed by atoms with Crippen LogP contribution in [0, 0.1) is 6.92 Å². The lowest BCUT2D eigenvalue weighted by Gasteiger charge is -2.31. The average Bonchev–Trinajstić information content (AvgIpc) is 3.29. The molecule has 1 atom stereocenters. The minimum absolute atomic E-state index is 0.569. The molecule has 0 bridgehead atoms. The first kappa shape index (κ1) is 13.6. The molecule has 1 saturated heterocycles. The number of hydrogen-bond acceptors (Lipinski definition) is 5. The summed E-state index contributed by atoms with van der Waals surface area (Å²) in [6.07, 6.45) is 6.40. The van der Waals surface area contributed by atoms with Crippen molar-refractivity contribution in [3.05, 3.63) is 11.8 Å². The third-order valence-electron chi connectivity index (χ3n) is 4.10. The standard InChI is InChI=1S/C15H24N4O/c1-11-9-14(20-2)18-15(17-11)19(13-6-7-13)10-12-5-3-4-8-16-12/h9,12-13,16H,3-8,10H2,1-2H3. The molecule has 5 heteroatoms. The van der Waals surface area contributed by atoms with E-state index in [0.29, 0.717) is 18.0 Å². The lowest BCUT2D eigenvalue weighted by molar-refractivity contribution is 0.388. The van der Waals surface area contributed by atoms with Gasteiger partial charge < -0.3 is 15.0 Å². The van der Waals surface area contributed by atoms with Gasteiger partial charge in [0.2, 0.25) is 11.8 Å². The highest BCUT2D eigenvalue weighted by molar-refractivity contribution is 5.38. The molecule has 1 aliphatic carbocycles. The van der Waals surface area contributed by atoms with Crippen molar-refractivity contribution in [1.82, 2.24) is 15.3 Å². The van der Waals surface area contributed by atoms with Crippen LogP contribution in [-0.2, 0) is 0 Å². The van der Waals surface area contributed by atoms with Gasteiger partial charge in [0, 0.05) is 30.4 Å². The summed E-state index contributed by atoms with van der Waals surface area (Å²) >= 11 is 0. The van der Waals surface area contributed by atoms with Crippen LogP contribution < -0.4 is 15.0 Å². The van der Waals surface area contributed by atoms with E-state index in [1.807, 2.05) is 13.0 Å². The van der Waals surface area contributed by atoms with Gasteiger partial charge in [-0.1, -0.05) is 6.42 Å². The number of aryl methyl sites for hydroxylation is 1. The molecule has 5 nitrogen and oxygen atoms in total. The molecule has 1 N–H and O–H groups in total. The molecular formula is C15H24N4O. The van der Waals surface area contributed by atoms with Gasteiger partial charge in [0.15, 0.2) is 0 Å². The predicted octanol–water partition coefficient (Wildman–Crippen LogP) is 1.90. The Hall–Kier alpha value is -1.36. The van der Waals surface area contributed by atoms with Crippen LogP contribution in [0.4, 0.5) is 5.95 Å². The van der Waals surface area contributed by atoms with E-state index in [9.17, 15) is 0 Å².